The molecule has 0 atom stereocenters. The summed E-state index contributed by atoms with van der Waals surface area (Å²) in [5.74, 6) is 0.649. The number of carbonyl (C=O) groups excluding carboxylic acids is 2. The largest absolute Gasteiger partial charge is 0.496 e. The van der Waals surface area contributed by atoms with Gasteiger partial charge in [0, 0.05) is 34.6 Å². The van der Waals surface area contributed by atoms with Gasteiger partial charge < -0.3 is 9.47 Å². The molecule has 0 saturated carbocycles. The Balaban J connectivity index is 1.83. The van der Waals surface area contributed by atoms with Crippen LogP contribution in [-0.2, 0) is 0 Å². The van der Waals surface area contributed by atoms with Crippen LogP contribution in [0.3, 0.4) is 0 Å². The summed E-state index contributed by atoms with van der Waals surface area (Å²) in [4.78, 5) is 31.2. The third-order valence-electron chi connectivity index (χ3n) is 5.33. The molecule has 34 heavy (non-hydrogen) atoms. The molecule has 0 fully saturated rings. The fourth-order valence-corrected chi connectivity index (χ4v) is 4.24. The Morgan fingerprint density at radius 3 is 2.15 bits per heavy atom. The summed E-state index contributed by atoms with van der Waals surface area (Å²) in [6.45, 7) is 0. The highest BCUT2D eigenvalue weighted by Crippen LogP contribution is 2.42. The van der Waals surface area contributed by atoms with Gasteiger partial charge in [-0.1, -0.05) is 47.5 Å². The van der Waals surface area contributed by atoms with E-state index >= 15 is 0 Å². The molecule has 0 aliphatic heterocycles. The minimum absolute atomic E-state index is 0.211. The first-order valence-corrected chi connectivity index (χ1v) is 10.8. The Bertz CT molecular complexity index is 1300. The minimum Gasteiger partial charge on any atom is -0.496 e. The summed E-state index contributed by atoms with van der Waals surface area (Å²) in [7, 11) is 2.95. The van der Waals surface area contributed by atoms with Gasteiger partial charge in [-0.05, 0) is 29.8 Å². The first-order chi connectivity index (χ1) is 16.5. The van der Waals surface area contributed by atoms with Crippen molar-refractivity contribution in [3.63, 3.8) is 0 Å². The van der Waals surface area contributed by atoms with Crippen LogP contribution in [0.5, 0.6) is 11.6 Å². The number of hydrogen-bond donors (Lipinski definition) is 0. The highest BCUT2D eigenvalue weighted by atomic mass is 35.5. The van der Waals surface area contributed by atoms with Gasteiger partial charge >= 0.3 is 0 Å². The first kappa shape index (κ1) is 23.4. The number of ether oxygens (including phenoxy) is 2. The maximum Gasteiger partial charge on any atom is 0.224 e. The molecule has 0 bridgehead atoms. The standard InChI is InChI=1S/C26H18Cl2N2O4/c1-33-23-10-15(6-7-16(23)13-31)20-11-29-12-21(25(20)28)18-4-3-5-19(24(18)27)22-9-8-17(14-32)26(30-22)34-2/h3-14H,1-2H3. The molecule has 0 unspecified atom stereocenters. The number of nitrogens with zero attached hydrogens (tertiary/aromatic N) is 2. The van der Waals surface area contributed by atoms with Crippen molar-refractivity contribution in [2.45, 2.75) is 0 Å². The number of hydrogen-bond acceptors (Lipinski definition) is 6. The SMILES string of the molecule is COc1cc(-c2cncc(-c3cccc(-c4ccc(C=O)c(OC)n4)c3Cl)c2Cl)ccc1C=O. The second kappa shape index (κ2) is 10.0. The van der Waals surface area contributed by atoms with Crippen molar-refractivity contribution in [2.24, 2.45) is 0 Å². The van der Waals surface area contributed by atoms with Crippen LogP contribution in [0.15, 0.2) is 60.9 Å². The lowest BCUT2D eigenvalue weighted by Gasteiger charge is -2.14. The second-order valence-electron chi connectivity index (χ2n) is 7.20. The van der Waals surface area contributed by atoms with Crippen LogP contribution in [0.4, 0.5) is 0 Å². The van der Waals surface area contributed by atoms with Crippen molar-refractivity contribution in [1.29, 1.82) is 0 Å². The highest BCUT2D eigenvalue weighted by Gasteiger charge is 2.18. The Morgan fingerprint density at radius 1 is 0.765 bits per heavy atom. The van der Waals surface area contributed by atoms with Crippen molar-refractivity contribution >= 4 is 35.8 Å². The zero-order chi connectivity index (χ0) is 24.2. The maximum absolute atomic E-state index is 11.2. The van der Waals surface area contributed by atoms with E-state index in [0.29, 0.717) is 61.2 Å². The monoisotopic (exact) mass is 492 g/mol. The number of aldehydes is 2. The third-order valence-corrected chi connectivity index (χ3v) is 6.14. The van der Waals surface area contributed by atoms with Crippen molar-refractivity contribution in [1.82, 2.24) is 9.97 Å². The third kappa shape index (κ3) is 4.25. The van der Waals surface area contributed by atoms with Gasteiger partial charge in [0.1, 0.15) is 5.75 Å². The van der Waals surface area contributed by atoms with Gasteiger partial charge in [-0.25, -0.2) is 4.98 Å². The number of rotatable bonds is 7. The quantitative estimate of drug-likeness (QED) is 0.276. The average molecular weight is 493 g/mol. The molecular formula is C26H18Cl2N2O4. The zero-order valence-corrected chi connectivity index (χ0v) is 19.7. The number of methoxy groups -OCH3 is 2. The first-order valence-electron chi connectivity index (χ1n) is 10.1. The van der Waals surface area contributed by atoms with Gasteiger partial charge in [0.05, 0.1) is 41.1 Å². The Hall–Kier alpha value is -3.74. The molecule has 2 aromatic carbocycles. The Kier molecular flexibility index (Phi) is 6.91. The molecule has 2 aromatic heterocycles. The number of carbonyl (C=O) groups is 2. The zero-order valence-electron chi connectivity index (χ0n) is 18.2. The molecule has 0 aliphatic carbocycles. The van der Waals surface area contributed by atoms with E-state index in [1.165, 1.54) is 14.2 Å². The summed E-state index contributed by atoms with van der Waals surface area (Å²) in [6, 6.07) is 14.0. The van der Waals surface area contributed by atoms with Crippen LogP contribution in [0.1, 0.15) is 20.7 Å². The predicted octanol–water partition coefficient (Wildman–Crippen LogP) is 6.43. The summed E-state index contributed by atoms with van der Waals surface area (Å²) in [5.41, 5.74) is 4.66. The van der Waals surface area contributed by atoms with Gasteiger partial charge in [0.15, 0.2) is 12.6 Å². The van der Waals surface area contributed by atoms with E-state index in [-0.39, 0.29) is 5.88 Å². The fourth-order valence-electron chi connectivity index (χ4n) is 3.60. The average Bonchev–Trinajstić information content (AvgIpc) is 2.88. The van der Waals surface area contributed by atoms with Crippen LogP contribution in [0, 0.1) is 0 Å². The maximum atomic E-state index is 11.2. The van der Waals surface area contributed by atoms with E-state index in [1.54, 1.807) is 42.7 Å². The summed E-state index contributed by atoms with van der Waals surface area (Å²) >= 11 is 13.6. The lowest BCUT2D eigenvalue weighted by atomic mass is 9.98. The lowest BCUT2D eigenvalue weighted by Crippen LogP contribution is -1.96. The number of benzene rings is 2. The summed E-state index contributed by atoms with van der Waals surface area (Å²) in [6.07, 6.45) is 4.69. The molecule has 170 valence electrons. The van der Waals surface area contributed by atoms with Gasteiger partial charge in [-0.3, -0.25) is 14.6 Å². The van der Waals surface area contributed by atoms with Crippen LogP contribution in [0.25, 0.3) is 33.5 Å². The van der Waals surface area contributed by atoms with Crippen molar-refractivity contribution in [3.05, 3.63) is 82.1 Å². The van der Waals surface area contributed by atoms with E-state index < -0.39 is 0 Å². The lowest BCUT2D eigenvalue weighted by molar-refractivity contribution is 0.111. The highest BCUT2D eigenvalue weighted by molar-refractivity contribution is 6.39. The minimum atomic E-state index is 0.211. The van der Waals surface area contributed by atoms with Gasteiger partial charge in [-0.15, -0.1) is 0 Å². The van der Waals surface area contributed by atoms with Gasteiger partial charge in [-0.2, -0.15) is 0 Å². The molecule has 4 rings (SSSR count). The van der Waals surface area contributed by atoms with Crippen molar-refractivity contribution in [3.8, 4) is 45.1 Å². The number of pyridine rings is 2. The van der Waals surface area contributed by atoms with E-state index in [1.807, 2.05) is 18.2 Å². The topological polar surface area (TPSA) is 78.4 Å². The molecule has 0 radical (unpaired) electrons. The van der Waals surface area contributed by atoms with Crippen molar-refractivity contribution in [2.75, 3.05) is 14.2 Å². The Morgan fingerprint density at radius 2 is 1.44 bits per heavy atom. The van der Waals surface area contributed by atoms with Gasteiger partial charge in [0.2, 0.25) is 5.88 Å². The molecule has 0 aliphatic rings. The van der Waals surface area contributed by atoms with E-state index in [4.69, 9.17) is 32.7 Å². The molecule has 6 nitrogen and oxygen atoms in total. The van der Waals surface area contributed by atoms with E-state index in [2.05, 4.69) is 9.97 Å². The Labute approximate surface area is 206 Å². The summed E-state index contributed by atoms with van der Waals surface area (Å²) < 4.78 is 10.5. The molecule has 0 spiro atoms. The van der Waals surface area contributed by atoms with Crippen LogP contribution in [0.2, 0.25) is 10.0 Å². The molecular weight excluding hydrogens is 475 g/mol. The molecule has 0 amide bonds. The van der Waals surface area contributed by atoms with E-state index in [0.717, 1.165) is 11.8 Å². The molecule has 0 saturated heterocycles. The van der Waals surface area contributed by atoms with Crippen LogP contribution >= 0.6 is 23.2 Å². The fraction of sp³-hybridized carbons (Fsp3) is 0.0769. The molecule has 0 N–H and O–H groups in total. The van der Waals surface area contributed by atoms with Gasteiger partial charge in [0.25, 0.3) is 0 Å². The number of halogens is 2. The predicted molar refractivity (Wildman–Crippen MR) is 132 cm³/mol. The van der Waals surface area contributed by atoms with E-state index in [9.17, 15) is 9.59 Å². The molecule has 4 aromatic rings. The van der Waals surface area contributed by atoms with Crippen LogP contribution in [-0.4, -0.2) is 36.8 Å². The molecule has 8 heteroatoms. The normalized spacial score (nSPS) is 10.6. The summed E-state index contributed by atoms with van der Waals surface area (Å²) in [5, 5.41) is 0.863. The van der Waals surface area contributed by atoms with Crippen molar-refractivity contribution < 1.29 is 19.1 Å². The second-order valence-corrected chi connectivity index (χ2v) is 7.96. The number of aromatic nitrogens is 2. The van der Waals surface area contributed by atoms with Crippen LogP contribution < -0.4 is 9.47 Å². The molecule has 2 heterocycles. The smallest absolute Gasteiger partial charge is 0.224 e.